The third-order valence-electron chi connectivity index (χ3n) is 3.40. The summed E-state index contributed by atoms with van der Waals surface area (Å²) in [6, 6.07) is 5.87. The maximum Gasteiger partial charge on any atom is 0.244 e. The standard InChI is InChI=1S/C16H25N3O2/c1-5-19(15(21)9-10-17-4)11-14(20)18-16-12(2)7-6-8-13(16)3/h6-8,17H,5,9-11H2,1-4H3,(H,18,20). The zero-order valence-electron chi connectivity index (χ0n) is 13.3. The van der Waals surface area contributed by atoms with Crippen molar-refractivity contribution < 1.29 is 9.59 Å². The van der Waals surface area contributed by atoms with Crippen LogP contribution in [-0.2, 0) is 9.59 Å². The largest absolute Gasteiger partial charge is 0.334 e. The summed E-state index contributed by atoms with van der Waals surface area (Å²) >= 11 is 0. The molecule has 116 valence electrons. The van der Waals surface area contributed by atoms with Crippen molar-refractivity contribution in [3.05, 3.63) is 29.3 Å². The van der Waals surface area contributed by atoms with Crippen LogP contribution in [0.25, 0.3) is 0 Å². The Labute approximate surface area is 126 Å². The molecule has 0 saturated carbocycles. The van der Waals surface area contributed by atoms with E-state index in [4.69, 9.17) is 0 Å². The van der Waals surface area contributed by atoms with Gasteiger partial charge in [0.1, 0.15) is 0 Å². The van der Waals surface area contributed by atoms with Gasteiger partial charge in [0, 0.05) is 25.2 Å². The van der Waals surface area contributed by atoms with Crippen molar-refractivity contribution in [2.24, 2.45) is 0 Å². The number of likely N-dealkylation sites (N-methyl/N-ethyl adjacent to an activating group) is 1. The Hall–Kier alpha value is -1.88. The predicted molar refractivity (Wildman–Crippen MR) is 85.3 cm³/mol. The van der Waals surface area contributed by atoms with Crippen molar-refractivity contribution in [1.29, 1.82) is 0 Å². The van der Waals surface area contributed by atoms with E-state index in [0.29, 0.717) is 19.5 Å². The minimum absolute atomic E-state index is 0.0106. The summed E-state index contributed by atoms with van der Waals surface area (Å²) in [5.74, 6) is -0.171. The molecule has 5 nitrogen and oxygen atoms in total. The monoisotopic (exact) mass is 291 g/mol. The maximum atomic E-state index is 12.1. The van der Waals surface area contributed by atoms with Crippen molar-refractivity contribution >= 4 is 17.5 Å². The number of rotatable bonds is 7. The molecule has 0 heterocycles. The Morgan fingerprint density at radius 1 is 1.19 bits per heavy atom. The normalized spacial score (nSPS) is 10.3. The van der Waals surface area contributed by atoms with E-state index in [9.17, 15) is 9.59 Å². The van der Waals surface area contributed by atoms with Crippen LogP contribution in [0.5, 0.6) is 0 Å². The minimum Gasteiger partial charge on any atom is -0.334 e. The van der Waals surface area contributed by atoms with Gasteiger partial charge >= 0.3 is 0 Å². The molecule has 0 bridgehead atoms. The van der Waals surface area contributed by atoms with Gasteiger partial charge in [-0.05, 0) is 38.9 Å². The van der Waals surface area contributed by atoms with Gasteiger partial charge in [0.05, 0.1) is 6.54 Å². The van der Waals surface area contributed by atoms with Gasteiger partial charge in [-0.3, -0.25) is 9.59 Å². The molecule has 0 aliphatic carbocycles. The van der Waals surface area contributed by atoms with Crippen molar-refractivity contribution in [1.82, 2.24) is 10.2 Å². The third kappa shape index (κ3) is 5.19. The van der Waals surface area contributed by atoms with Gasteiger partial charge in [-0.1, -0.05) is 18.2 Å². The highest BCUT2D eigenvalue weighted by atomic mass is 16.2. The molecule has 0 radical (unpaired) electrons. The van der Waals surface area contributed by atoms with Gasteiger partial charge in [-0.15, -0.1) is 0 Å². The van der Waals surface area contributed by atoms with Gasteiger partial charge in [-0.25, -0.2) is 0 Å². The second-order valence-corrected chi connectivity index (χ2v) is 5.08. The number of anilines is 1. The summed E-state index contributed by atoms with van der Waals surface area (Å²) in [7, 11) is 1.80. The summed E-state index contributed by atoms with van der Waals surface area (Å²) in [6.45, 7) is 7.03. The molecule has 0 aliphatic rings. The van der Waals surface area contributed by atoms with E-state index < -0.39 is 0 Å². The molecule has 0 aliphatic heterocycles. The van der Waals surface area contributed by atoms with Crippen LogP contribution in [0.3, 0.4) is 0 Å². The lowest BCUT2D eigenvalue weighted by Gasteiger charge is -2.21. The van der Waals surface area contributed by atoms with Crippen LogP contribution in [0.1, 0.15) is 24.5 Å². The zero-order valence-corrected chi connectivity index (χ0v) is 13.3. The minimum atomic E-state index is -0.160. The first-order valence-corrected chi connectivity index (χ1v) is 7.28. The van der Waals surface area contributed by atoms with Gasteiger partial charge in [0.25, 0.3) is 0 Å². The second kappa shape index (κ2) is 8.42. The summed E-state index contributed by atoms with van der Waals surface area (Å²) in [4.78, 5) is 25.7. The van der Waals surface area contributed by atoms with E-state index >= 15 is 0 Å². The van der Waals surface area contributed by atoms with Crippen LogP contribution in [0.2, 0.25) is 0 Å². The molecule has 0 unspecified atom stereocenters. The lowest BCUT2D eigenvalue weighted by Crippen LogP contribution is -2.39. The fourth-order valence-electron chi connectivity index (χ4n) is 2.13. The molecule has 0 fully saturated rings. The number of carbonyl (C=O) groups is 2. The first-order valence-electron chi connectivity index (χ1n) is 7.28. The molecule has 5 heteroatoms. The Bertz CT molecular complexity index is 480. The van der Waals surface area contributed by atoms with Crippen LogP contribution in [-0.4, -0.2) is 43.4 Å². The van der Waals surface area contributed by atoms with Gasteiger partial charge in [0.15, 0.2) is 0 Å². The van der Waals surface area contributed by atoms with E-state index in [1.54, 1.807) is 11.9 Å². The molecule has 2 amide bonds. The van der Waals surface area contributed by atoms with E-state index in [0.717, 1.165) is 16.8 Å². The molecule has 1 rings (SSSR count). The smallest absolute Gasteiger partial charge is 0.244 e. The quantitative estimate of drug-likeness (QED) is 0.804. The summed E-state index contributed by atoms with van der Waals surface area (Å²) in [6.07, 6.45) is 0.404. The number of benzene rings is 1. The number of carbonyl (C=O) groups excluding carboxylic acids is 2. The molecule has 1 aromatic rings. The topological polar surface area (TPSA) is 61.4 Å². The van der Waals surface area contributed by atoms with Crippen LogP contribution in [0, 0.1) is 13.8 Å². The fourth-order valence-corrected chi connectivity index (χ4v) is 2.13. The number of nitrogens with zero attached hydrogens (tertiary/aromatic N) is 1. The fraction of sp³-hybridized carbons (Fsp3) is 0.500. The van der Waals surface area contributed by atoms with Crippen LogP contribution >= 0.6 is 0 Å². The van der Waals surface area contributed by atoms with Gasteiger partial charge in [0.2, 0.25) is 11.8 Å². The average Bonchev–Trinajstić information content (AvgIpc) is 2.46. The highest BCUT2D eigenvalue weighted by Crippen LogP contribution is 2.19. The average molecular weight is 291 g/mol. The molecular weight excluding hydrogens is 266 g/mol. The Balaban J connectivity index is 2.65. The second-order valence-electron chi connectivity index (χ2n) is 5.08. The molecule has 0 saturated heterocycles. The molecule has 0 atom stereocenters. The van der Waals surface area contributed by atoms with Gasteiger partial charge in [-0.2, -0.15) is 0 Å². The van der Waals surface area contributed by atoms with Crippen molar-refractivity contribution in [2.75, 3.05) is 32.0 Å². The lowest BCUT2D eigenvalue weighted by atomic mass is 10.1. The SMILES string of the molecule is CCN(CC(=O)Nc1c(C)cccc1C)C(=O)CCNC. The number of nitrogens with one attached hydrogen (secondary N) is 2. The Morgan fingerprint density at radius 2 is 1.81 bits per heavy atom. The first-order chi connectivity index (χ1) is 9.99. The Morgan fingerprint density at radius 3 is 2.33 bits per heavy atom. The molecule has 0 aromatic heterocycles. The van der Waals surface area contributed by atoms with Crippen LogP contribution < -0.4 is 10.6 Å². The Kier molecular flexibility index (Phi) is 6.88. The lowest BCUT2D eigenvalue weighted by molar-refractivity contribution is -0.134. The highest BCUT2D eigenvalue weighted by Gasteiger charge is 2.16. The molecule has 2 N–H and O–H groups in total. The highest BCUT2D eigenvalue weighted by molar-refractivity contribution is 5.95. The number of amides is 2. The van der Waals surface area contributed by atoms with E-state index in [2.05, 4.69) is 10.6 Å². The van der Waals surface area contributed by atoms with E-state index in [1.807, 2.05) is 39.0 Å². The van der Waals surface area contributed by atoms with Crippen LogP contribution in [0.15, 0.2) is 18.2 Å². The molecule has 1 aromatic carbocycles. The summed E-state index contributed by atoms with van der Waals surface area (Å²) in [5, 5.41) is 5.84. The molecular formula is C16H25N3O2. The molecule has 0 spiro atoms. The molecule has 21 heavy (non-hydrogen) atoms. The number of para-hydroxylation sites is 1. The van der Waals surface area contributed by atoms with Crippen LogP contribution in [0.4, 0.5) is 5.69 Å². The van der Waals surface area contributed by atoms with Crippen molar-refractivity contribution in [3.8, 4) is 0 Å². The van der Waals surface area contributed by atoms with Crippen molar-refractivity contribution in [3.63, 3.8) is 0 Å². The van der Waals surface area contributed by atoms with Crippen molar-refractivity contribution in [2.45, 2.75) is 27.2 Å². The van der Waals surface area contributed by atoms with E-state index in [-0.39, 0.29) is 18.4 Å². The number of hydrogen-bond acceptors (Lipinski definition) is 3. The van der Waals surface area contributed by atoms with E-state index in [1.165, 1.54) is 0 Å². The number of aryl methyl sites for hydroxylation is 2. The third-order valence-corrected chi connectivity index (χ3v) is 3.40. The maximum absolute atomic E-state index is 12.1. The summed E-state index contributed by atoms with van der Waals surface area (Å²) < 4.78 is 0. The number of hydrogen-bond donors (Lipinski definition) is 2. The zero-order chi connectivity index (χ0) is 15.8. The first kappa shape index (κ1) is 17.2. The summed E-state index contributed by atoms with van der Waals surface area (Å²) in [5.41, 5.74) is 2.88. The predicted octanol–water partition coefficient (Wildman–Crippen LogP) is 1.70. The van der Waals surface area contributed by atoms with Gasteiger partial charge < -0.3 is 15.5 Å².